The van der Waals surface area contributed by atoms with Crippen molar-refractivity contribution < 1.29 is 13.9 Å². The van der Waals surface area contributed by atoms with Gasteiger partial charge in [0.25, 0.3) is 0 Å². The molecule has 0 amide bonds. The molecule has 0 aromatic rings. The maximum atomic E-state index is 13.2. The molecule has 2 nitrogen and oxygen atoms in total. The van der Waals surface area contributed by atoms with Crippen LogP contribution in [0, 0.1) is 5.92 Å². The predicted molar refractivity (Wildman–Crippen MR) is 38.9 cm³/mol. The normalized spacial score (nSPS) is 37.2. The fraction of sp³-hybridized carbons (Fsp3) is 0.875. The zero-order valence-electron chi connectivity index (χ0n) is 6.89. The number of rotatable bonds is 1. The molecule has 11 heavy (non-hydrogen) atoms. The lowest BCUT2D eigenvalue weighted by Gasteiger charge is -2.11. The van der Waals surface area contributed by atoms with Crippen LogP contribution in [-0.4, -0.2) is 18.7 Å². The van der Waals surface area contributed by atoms with Gasteiger partial charge in [0.1, 0.15) is 5.67 Å². The van der Waals surface area contributed by atoms with Crippen LogP contribution in [0.5, 0.6) is 0 Å². The lowest BCUT2D eigenvalue weighted by Crippen LogP contribution is -2.17. The van der Waals surface area contributed by atoms with E-state index in [2.05, 4.69) is 4.74 Å². The van der Waals surface area contributed by atoms with Crippen molar-refractivity contribution in [2.75, 3.05) is 7.11 Å². The smallest absolute Gasteiger partial charge is 0.308 e. The van der Waals surface area contributed by atoms with Crippen molar-refractivity contribution in [3.63, 3.8) is 0 Å². The lowest BCUT2D eigenvalue weighted by atomic mass is 10.0. The fourth-order valence-electron chi connectivity index (χ4n) is 1.56. The summed E-state index contributed by atoms with van der Waals surface area (Å²) in [6.07, 6.45) is 1.42. The van der Waals surface area contributed by atoms with Gasteiger partial charge in [0.05, 0.1) is 13.0 Å². The third kappa shape index (κ3) is 1.91. The van der Waals surface area contributed by atoms with Gasteiger partial charge in [-0.05, 0) is 26.2 Å². The van der Waals surface area contributed by atoms with E-state index in [0.29, 0.717) is 19.3 Å². The average molecular weight is 160 g/mol. The summed E-state index contributed by atoms with van der Waals surface area (Å²) in [5, 5.41) is 0. The molecule has 0 aliphatic heterocycles. The lowest BCUT2D eigenvalue weighted by molar-refractivity contribution is -0.145. The Hall–Kier alpha value is -0.600. The molecule has 0 spiro atoms. The van der Waals surface area contributed by atoms with Crippen molar-refractivity contribution in [2.45, 2.75) is 31.9 Å². The second kappa shape index (κ2) is 2.80. The summed E-state index contributed by atoms with van der Waals surface area (Å²) in [4.78, 5) is 10.9. The van der Waals surface area contributed by atoms with E-state index in [1.807, 2.05) is 0 Å². The molecule has 2 unspecified atom stereocenters. The van der Waals surface area contributed by atoms with E-state index < -0.39 is 5.67 Å². The fourth-order valence-corrected chi connectivity index (χ4v) is 1.56. The number of alkyl halides is 1. The average Bonchev–Trinajstić information content (AvgIpc) is 2.29. The van der Waals surface area contributed by atoms with E-state index in [4.69, 9.17) is 0 Å². The molecule has 2 atom stereocenters. The number of ether oxygens (including phenoxy) is 1. The zero-order chi connectivity index (χ0) is 8.48. The molecule has 1 saturated carbocycles. The van der Waals surface area contributed by atoms with Crippen molar-refractivity contribution in [1.29, 1.82) is 0 Å². The highest BCUT2D eigenvalue weighted by molar-refractivity contribution is 5.72. The Morgan fingerprint density at radius 2 is 2.36 bits per heavy atom. The van der Waals surface area contributed by atoms with Gasteiger partial charge in [0.2, 0.25) is 0 Å². The Morgan fingerprint density at radius 3 is 2.73 bits per heavy atom. The molecule has 0 radical (unpaired) electrons. The first-order valence-electron chi connectivity index (χ1n) is 3.82. The number of esters is 1. The summed E-state index contributed by atoms with van der Waals surface area (Å²) in [6, 6.07) is 0. The SMILES string of the molecule is COC(=O)C1CCC(C)(F)C1. The molecule has 0 aromatic carbocycles. The van der Waals surface area contributed by atoms with E-state index in [1.54, 1.807) is 0 Å². The highest BCUT2D eigenvalue weighted by Gasteiger charge is 2.38. The minimum Gasteiger partial charge on any atom is -0.469 e. The van der Waals surface area contributed by atoms with Crippen LogP contribution in [0.15, 0.2) is 0 Å². The van der Waals surface area contributed by atoms with E-state index >= 15 is 0 Å². The highest BCUT2D eigenvalue weighted by atomic mass is 19.1. The molecule has 3 heteroatoms. The van der Waals surface area contributed by atoms with Crippen LogP contribution < -0.4 is 0 Å². The van der Waals surface area contributed by atoms with Crippen molar-refractivity contribution >= 4 is 5.97 Å². The van der Waals surface area contributed by atoms with Gasteiger partial charge in [-0.15, -0.1) is 0 Å². The van der Waals surface area contributed by atoms with E-state index in [0.717, 1.165) is 0 Å². The Morgan fingerprint density at radius 1 is 1.73 bits per heavy atom. The molecule has 0 N–H and O–H groups in total. The summed E-state index contributed by atoms with van der Waals surface area (Å²) in [7, 11) is 1.34. The molecular formula is C8H13FO2. The highest BCUT2D eigenvalue weighted by Crippen LogP contribution is 2.37. The van der Waals surface area contributed by atoms with Crippen LogP contribution in [0.1, 0.15) is 26.2 Å². The maximum absolute atomic E-state index is 13.2. The van der Waals surface area contributed by atoms with Gasteiger partial charge in [-0.25, -0.2) is 4.39 Å². The van der Waals surface area contributed by atoms with Crippen LogP contribution in [-0.2, 0) is 9.53 Å². The summed E-state index contributed by atoms with van der Waals surface area (Å²) >= 11 is 0. The minimum atomic E-state index is -1.15. The second-order valence-corrected chi connectivity index (χ2v) is 3.38. The minimum absolute atomic E-state index is 0.213. The number of halogens is 1. The van der Waals surface area contributed by atoms with Gasteiger partial charge < -0.3 is 4.74 Å². The number of hydrogen-bond acceptors (Lipinski definition) is 2. The van der Waals surface area contributed by atoms with Crippen LogP contribution in [0.25, 0.3) is 0 Å². The van der Waals surface area contributed by atoms with Gasteiger partial charge in [0.15, 0.2) is 0 Å². The van der Waals surface area contributed by atoms with Crippen molar-refractivity contribution in [1.82, 2.24) is 0 Å². The largest absolute Gasteiger partial charge is 0.469 e. The predicted octanol–water partition coefficient (Wildman–Crippen LogP) is 1.69. The monoisotopic (exact) mass is 160 g/mol. The number of hydrogen-bond donors (Lipinski definition) is 0. The molecular weight excluding hydrogens is 147 g/mol. The zero-order valence-corrected chi connectivity index (χ0v) is 6.89. The van der Waals surface area contributed by atoms with E-state index in [-0.39, 0.29) is 11.9 Å². The second-order valence-electron chi connectivity index (χ2n) is 3.38. The molecule has 1 aliphatic carbocycles. The van der Waals surface area contributed by atoms with Crippen LogP contribution in [0.2, 0.25) is 0 Å². The first kappa shape index (κ1) is 8.50. The third-order valence-electron chi connectivity index (χ3n) is 2.22. The molecule has 64 valence electrons. The Bertz CT molecular complexity index is 165. The van der Waals surface area contributed by atoms with Crippen LogP contribution >= 0.6 is 0 Å². The maximum Gasteiger partial charge on any atom is 0.308 e. The number of carbonyl (C=O) groups excluding carboxylic acids is 1. The number of methoxy groups -OCH3 is 1. The quantitative estimate of drug-likeness (QED) is 0.545. The van der Waals surface area contributed by atoms with Crippen LogP contribution in [0.3, 0.4) is 0 Å². The molecule has 0 saturated heterocycles. The van der Waals surface area contributed by atoms with Gasteiger partial charge in [-0.1, -0.05) is 0 Å². The Labute approximate surface area is 65.7 Å². The Kier molecular flexibility index (Phi) is 2.16. The topological polar surface area (TPSA) is 26.3 Å². The van der Waals surface area contributed by atoms with Gasteiger partial charge >= 0.3 is 5.97 Å². The summed E-state index contributed by atoms with van der Waals surface area (Å²) < 4.78 is 17.7. The molecule has 0 aromatic heterocycles. The summed E-state index contributed by atoms with van der Waals surface area (Å²) in [5.41, 5.74) is -1.15. The molecule has 1 fully saturated rings. The number of carbonyl (C=O) groups is 1. The Balaban J connectivity index is 2.48. The first-order chi connectivity index (χ1) is 5.05. The van der Waals surface area contributed by atoms with E-state index in [1.165, 1.54) is 14.0 Å². The van der Waals surface area contributed by atoms with Crippen molar-refractivity contribution in [2.24, 2.45) is 5.92 Å². The first-order valence-corrected chi connectivity index (χ1v) is 3.82. The molecule has 1 aliphatic rings. The van der Waals surface area contributed by atoms with Crippen molar-refractivity contribution in [3.8, 4) is 0 Å². The molecule has 0 heterocycles. The standard InChI is InChI=1S/C8H13FO2/c1-8(9)4-3-6(5-8)7(10)11-2/h6H,3-5H2,1-2H3. The van der Waals surface area contributed by atoms with E-state index in [9.17, 15) is 9.18 Å². The summed E-state index contributed by atoms with van der Waals surface area (Å²) in [6.45, 7) is 1.54. The molecule has 1 rings (SSSR count). The molecule has 0 bridgehead atoms. The van der Waals surface area contributed by atoms with Gasteiger partial charge in [-0.2, -0.15) is 0 Å². The van der Waals surface area contributed by atoms with Crippen molar-refractivity contribution in [3.05, 3.63) is 0 Å². The van der Waals surface area contributed by atoms with Gasteiger partial charge in [0, 0.05) is 0 Å². The van der Waals surface area contributed by atoms with Gasteiger partial charge in [-0.3, -0.25) is 4.79 Å². The third-order valence-corrected chi connectivity index (χ3v) is 2.22. The van der Waals surface area contributed by atoms with Crippen LogP contribution in [0.4, 0.5) is 4.39 Å². The summed E-state index contributed by atoms with van der Waals surface area (Å²) in [5.74, 6) is -0.485.